The highest BCUT2D eigenvalue weighted by molar-refractivity contribution is 7.89. The molecule has 0 bridgehead atoms. The fourth-order valence-corrected chi connectivity index (χ4v) is 3.91. The Hall–Kier alpha value is -1.04. The highest BCUT2D eigenvalue weighted by Crippen LogP contribution is 2.29. The van der Waals surface area contributed by atoms with Crippen molar-refractivity contribution < 1.29 is 8.42 Å². The summed E-state index contributed by atoms with van der Waals surface area (Å²) in [4.78, 5) is 0.0350. The van der Waals surface area contributed by atoms with Crippen LogP contribution in [0.5, 0.6) is 0 Å². The standard InChI is InChI=1S/C13H19ClN2O2S/c1-5-6-16(9(2)3)19(17,18)13-8-12(15)10(4)7-11(13)14/h5,7-9H,1,6,15H2,2-4H3. The molecule has 1 aromatic carbocycles. The maximum atomic E-state index is 12.6. The Kier molecular flexibility index (Phi) is 5.01. The fraction of sp³-hybridized carbons (Fsp3) is 0.385. The summed E-state index contributed by atoms with van der Waals surface area (Å²) < 4.78 is 26.5. The number of anilines is 1. The molecule has 0 saturated heterocycles. The third-order valence-corrected chi connectivity index (χ3v) is 5.30. The number of aryl methyl sites for hydroxylation is 1. The first-order valence-electron chi connectivity index (χ1n) is 5.90. The second kappa shape index (κ2) is 5.94. The van der Waals surface area contributed by atoms with Crippen molar-refractivity contribution in [3.8, 4) is 0 Å². The quantitative estimate of drug-likeness (QED) is 0.672. The molecule has 0 fully saturated rings. The Balaban J connectivity index is 3.41. The van der Waals surface area contributed by atoms with Crippen LogP contribution in [0.1, 0.15) is 19.4 Å². The molecule has 19 heavy (non-hydrogen) atoms. The van der Waals surface area contributed by atoms with Crippen molar-refractivity contribution in [3.63, 3.8) is 0 Å². The van der Waals surface area contributed by atoms with Gasteiger partial charge in [-0.3, -0.25) is 0 Å². The van der Waals surface area contributed by atoms with Crippen LogP contribution in [0, 0.1) is 6.92 Å². The molecular weight excluding hydrogens is 284 g/mol. The van der Waals surface area contributed by atoms with E-state index >= 15 is 0 Å². The Bertz CT molecular complexity index is 583. The number of sulfonamides is 1. The van der Waals surface area contributed by atoms with E-state index in [-0.39, 0.29) is 22.5 Å². The van der Waals surface area contributed by atoms with Gasteiger partial charge >= 0.3 is 0 Å². The van der Waals surface area contributed by atoms with Crippen molar-refractivity contribution in [1.29, 1.82) is 0 Å². The molecule has 6 heteroatoms. The van der Waals surface area contributed by atoms with Crippen LogP contribution in [0.4, 0.5) is 5.69 Å². The number of rotatable bonds is 5. The van der Waals surface area contributed by atoms with Gasteiger partial charge in [0, 0.05) is 18.3 Å². The predicted molar refractivity (Wildman–Crippen MR) is 79.8 cm³/mol. The molecule has 0 unspecified atom stereocenters. The van der Waals surface area contributed by atoms with Gasteiger partial charge in [-0.15, -0.1) is 6.58 Å². The van der Waals surface area contributed by atoms with E-state index in [9.17, 15) is 8.42 Å². The van der Waals surface area contributed by atoms with E-state index in [4.69, 9.17) is 17.3 Å². The van der Waals surface area contributed by atoms with Gasteiger partial charge < -0.3 is 5.73 Å². The van der Waals surface area contributed by atoms with E-state index in [2.05, 4.69) is 6.58 Å². The van der Waals surface area contributed by atoms with Crippen LogP contribution in [0.25, 0.3) is 0 Å². The maximum absolute atomic E-state index is 12.6. The molecule has 0 amide bonds. The SMILES string of the molecule is C=CCN(C(C)C)S(=O)(=O)c1cc(N)c(C)cc1Cl. The second-order valence-corrected chi connectivity index (χ2v) is 6.86. The summed E-state index contributed by atoms with van der Waals surface area (Å²) in [6.07, 6.45) is 1.54. The molecule has 106 valence electrons. The minimum Gasteiger partial charge on any atom is -0.398 e. The largest absolute Gasteiger partial charge is 0.398 e. The Morgan fingerprint density at radius 2 is 2.05 bits per heavy atom. The van der Waals surface area contributed by atoms with Gasteiger partial charge in [0.2, 0.25) is 10.0 Å². The highest BCUT2D eigenvalue weighted by Gasteiger charge is 2.28. The lowest BCUT2D eigenvalue weighted by Crippen LogP contribution is -2.37. The fourth-order valence-electron chi connectivity index (χ4n) is 1.71. The van der Waals surface area contributed by atoms with Gasteiger partial charge in [0.25, 0.3) is 0 Å². The highest BCUT2D eigenvalue weighted by atomic mass is 35.5. The average molecular weight is 303 g/mol. The van der Waals surface area contributed by atoms with E-state index in [0.717, 1.165) is 5.56 Å². The number of nitrogen functional groups attached to an aromatic ring is 1. The molecule has 1 rings (SSSR count). The summed E-state index contributed by atoms with van der Waals surface area (Å²) in [6, 6.07) is 2.78. The van der Waals surface area contributed by atoms with Crippen LogP contribution in [0.2, 0.25) is 5.02 Å². The first-order valence-corrected chi connectivity index (χ1v) is 7.72. The first kappa shape index (κ1) is 16.0. The summed E-state index contributed by atoms with van der Waals surface area (Å²) in [5.41, 5.74) is 6.94. The Morgan fingerprint density at radius 3 is 2.53 bits per heavy atom. The molecule has 0 spiro atoms. The van der Waals surface area contributed by atoms with Gasteiger partial charge in [0.05, 0.1) is 5.02 Å². The van der Waals surface area contributed by atoms with E-state index in [1.54, 1.807) is 32.9 Å². The Morgan fingerprint density at radius 1 is 1.47 bits per heavy atom. The van der Waals surface area contributed by atoms with E-state index in [0.29, 0.717) is 5.69 Å². The minimum atomic E-state index is -3.68. The van der Waals surface area contributed by atoms with Gasteiger partial charge in [-0.2, -0.15) is 4.31 Å². The smallest absolute Gasteiger partial charge is 0.245 e. The van der Waals surface area contributed by atoms with E-state index in [1.807, 2.05) is 0 Å². The number of halogens is 1. The molecule has 0 aromatic heterocycles. The van der Waals surface area contributed by atoms with Gasteiger partial charge in [-0.1, -0.05) is 17.7 Å². The Labute approximate surface area is 119 Å². The van der Waals surface area contributed by atoms with Crippen molar-refractivity contribution in [1.82, 2.24) is 4.31 Å². The van der Waals surface area contributed by atoms with Crippen molar-refractivity contribution in [3.05, 3.63) is 35.4 Å². The summed E-state index contributed by atoms with van der Waals surface area (Å²) >= 11 is 6.05. The summed E-state index contributed by atoms with van der Waals surface area (Å²) in [6.45, 7) is 9.18. The monoisotopic (exact) mass is 302 g/mol. The zero-order valence-electron chi connectivity index (χ0n) is 11.4. The minimum absolute atomic E-state index is 0.0350. The van der Waals surface area contributed by atoms with Gasteiger partial charge in [0.15, 0.2) is 0 Å². The van der Waals surface area contributed by atoms with Gasteiger partial charge in [-0.05, 0) is 38.5 Å². The summed E-state index contributed by atoms with van der Waals surface area (Å²) in [5.74, 6) is 0. The molecule has 0 heterocycles. The molecule has 4 nitrogen and oxygen atoms in total. The number of hydrogen-bond donors (Lipinski definition) is 1. The van der Waals surface area contributed by atoms with Gasteiger partial charge in [0.1, 0.15) is 4.90 Å². The summed E-state index contributed by atoms with van der Waals surface area (Å²) in [5, 5.41) is 0.182. The van der Waals surface area contributed by atoms with Crippen molar-refractivity contribution in [2.75, 3.05) is 12.3 Å². The molecule has 2 N–H and O–H groups in total. The molecule has 0 aliphatic heterocycles. The van der Waals surface area contributed by atoms with Crippen LogP contribution < -0.4 is 5.73 Å². The van der Waals surface area contributed by atoms with Crippen molar-refractivity contribution in [2.24, 2.45) is 0 Å². The van der Waals surface area contributed by atoms with Gasteiger partial charge in [-0.25, -0.2) is 8.42 Å². The normalized spacial score (nSPS) is 12.1. The topological polar surface area (TPSA) is 63.4 Å². The van der Waals surface area contributed by atoms with Crippen LogP contribution in [0.3, 0.4) is 0 Å². The number of nitrogens with zero attached hydrogens (tertiary/aromatic N) is 1. The summed E-state index contributed by atoms with van der Waals surface area (Å²) in [7, 11) is -3.68. The number of nitrogens with two attached hydrogens (primary N) is 1. The zero-order valence-corrected chi connectivity index (χ0v) is 12.9. The second-order valence-electron chi connectivity index (χ2n) is 4.60. The molecule has 0 atom stereocenters. The predicted octanol–water partition coefficient (Wildman–Crippen LogP) is 2.82. The van der Waals surface area contributed by atoms with Crippen LogP contribution in [-0.2, 0) is 10.0 Å². The molecule has 1 aromatic rings. The van der Waals surface area contributed by atoms with Crippen LogP contribution in [0.15, 0.2) is 29.7 Å². The number of benzene rings is 1. The zero-order chi connectivity index (χ0) is 14.8. The first-order chi connectivity index (χ1) is 8.71. The van der Waals surface area contributed by atoms with Crippen molar-refractivity contribution >= 4 is 27.3 Å². The molecule has 0 radical (unpaired) electrons. The molecule has 0 aliphatic carbocycles. The molecule has 0 aliphatic rings. The lowest BCUT2D eigenvalue weighted by atomic mass is 10.2. The third kappa shape index (κ3) is 3.29. The maximum Gasteiger partial charge on any atom is 0.245 e. The van der Waals surface area contributed by atoms with Crippen molar-refractivity contribution in [2.45, 2.75) is 31.7 Å². The van der Waals surface area contributed by atoms with Crippen LogP contribution in [-0.4, -0.2) is 25.3 Å². The average Bonchev–Trinajstić information content (AvgIpc) is 2.29. The van der Waals surface area contributed by atoms with E-state index < -0.39 is 10.0 Å². The molecule has 0 saturated carbocycles. The third-order valence-electron chi connectivity index (χ3n) is 2.79. The lowest BCUT2D eigenvalue weighted by Gasteiger charge is -2.25. The van der Waals surface area contributed by atoms with Crippen LogP contribution >= 0.6 is 11.6 Å². The molecular formula is C13H19ClN2O2S. The van der Waals surface area contributed by atoms with E-state index in [1.165, 1.54) is 10.4 Å². The lowest BCUT2D eigenvalue weighted by molar-refractivity contribution is 0.383. The number of hydrogen-bond acceptors (Lipinski definition) is 3.